The number of aliphatic hydroxyl groups is 1. The first-order valence-corrected chi connectivity index (χ1v) is 5.74. The van der Waals surface area contributed by atoms with Gasteiger partial charge in [0, 0.05) is 24.0 Å². The van der Waals surface area contributed by atoms with E-state index in [1.807, 2.05) is 43.8 Å². The highest BCUT2D eigenvalue weighted by Crippen LogP contribution is 2.35. The predicted molar refractivity (Wildman–Crippen MR) is 69.6 cm³/mol. The lowest BCUT2D eigenvalue weighted by atomic mass is 9.83. The van der Waals surface area contributed by atoms with Crippen molar-refractivity contribution in [2.45, 2.75) is 19.3 Å². The summed E-state index contributed by atoms with van der Waals surface area (Å²) in [4.78, 5) is 0. The number of aliphatic hydroxyl groups excluding tert-OH is 1. The Hall–Kier alpha value is -1.48. The van der Waals surface area contributed by atoms with Gasteiger partial charge in [0.1, 0.15) is 5.75 Å². The SMILES string of the molecule is COc1ccc(C(C)(C)CO)c2ccn(C)c12. The minimum Gasteiger partial charge on any atom is -0.495 e. The lowest BCUT2D eigenvalue weighted by Gasteiger charge is -2.24. The number of aromatic nitrogens is 1. The summed E-state index contributed by atoms with van der Waals surface area (Å²) in [6.07, 6.45) is 2.02. The standard InChI is InChI=1S/C14H19NO2/c1-14(2,9-16)11-5-6-12(17-4)13-10(11)7-8-15(13)3/h5-8,16H,9H2,1-4H3. The molecule has 0 spiro atoms. The molecule has 92 valence electrons. The van der Waals surface area contributed by atoms with Crippen LogP contribution in [-0.4, -0.2) is 23.4 Å². The number of ether oxygens (including phenoxy) is 1. The number of nitrogens with zero attached hydrogens (tertiary/aromatic N) is 1. The quantitative estimate of drug-likeness (QED) is 0.883. The molecule has 0 radical (unpaired) electrons. The van der Waals surface area contributed by atoms with Crippen molar-refractivity contribution >= 4 is 10.9 Å². The second-order valence-electron chi connectivity index (χ2n) is 5.05. The van der Waals surface area contributed by atoms with Crippen LogP contribution < -0.4 is 4.74 Å². The molecule has 0 unspecified atom stereocenters. The van der Waals surface area contributed by atoms with E-state index in [4.69, 9.17) is 4.74 Å². The van der Waals surface area contributed by atoms with Gasteiger partial charge >= 0.3 is 0 Å². The van der Waals surface area contributed by atoms with E-state index in [9.17, 15) is 5.11 Å². The van der Waals surface area contributed by atoms with Gasteiger partial charge in [-0.05, 0) is 17.7 Å². The van der Waals surface area contributed by atoms with Gasteiger partial charge in [0.2, 0.25) is 0 Å². The molecule has 0 aliphatic rings. The Morgan fingerprint density at radius 3 is 2.59 bits per heavy atom. The summed E-state index contributed by atoms with van der Waals surface area (Å²) in [5, 5.41) is 10.6. The fourth-order valence-corrected chi connectivity index (χ4v) is 2.22. The summed E-state index contributed by atoms with van der Waals surface area (Å²) in [5.74, 6) is 0.866. The van der Waals surface area contributed by atoms with Gasteiger partial charge in [-0.1, -0.05) is 19.9 Å². The zero-order chi connectivity index (χ0) is 12.6. The third-order valence-corrected chi connectivity index (χ3v) is 3.34. The summed E-state index contributed by atoms with van der Waals surface area (Å²) in [7, 11) is 3.68. The van der Waals surface area contributed by atoms with Gasteiger partial charge in [-0.3, -0.25) is 0 Å². The molecule has 0 aliphatic heterocycles. The Morgan fingerprint density at radius 1 is 1.29 bits per heavy atom. The van der Waals surface area contributed by atoms with E-state index in [2.05, 4.69) is 6.07 Å². The van der Waals surface area contributed by atoms with Crippen molar-refractivity contribution in [3.8, 4) is 5.75 Å². The first-order chi connectivity index (χ1) is 8.01. The maximum absolute atomic E-state index is 9.50. The molecule has 0 saturated heterocycles. The summed E-state index contributed by atoms with van der Waals surface area (Å²) in [6, 6.07) is 6.08. The van der Waals surface area contributed by atoms with Crippen molar-refractivity contribution in [2.75, 3.05) is 13.7 Å². The van der Waals surface area contributed by atoms with Crippen LogP contribution >= 0.6 is 0 Å². The van der Waals surface area contributed by atoms with Crippen LogP contribution in [-0.2, 0) is 12.5 Å². The Kier molecular flexibility index (Phi) is 2.87. The van der Waals surface area contributed by atoms with Crippen LogP contribution in [0.15, 0.2) is 24.4 Å². The molecule has 0 atom stereocenters. The Balaban J connectivity index is 2.76. The smallest absolute Gasteiger partial charge is 0.143 e. The number of aryl methyl sites for hydroxylation is 1. The van der Waals surface area contributed by atoms with Crippen LogP contribution in [0.4, 0.5) is 0 Å². The highest BCUT2D eigenvalue weighted by atomic mass is 16.5. The number of methoxy groups -OCH3 is 1. The third kappa shape index (κ3) is 1.80. The van der Waals surface area contributed by atoms with Crippen molar-refractivity contribution in [3.63, 3.8) is 0 Å². The fraction of sp³-hybridized carbons (Fsp3) is 0.429. The molecule has 1 aromatic carbocycles. The van der Waals surface area contributed by atoms with Crippen LogP contribution in [0, 0.1) is 0 Å². The first kappa shape index (κ1) is 12.0. The molecule has 0 aliphatic carbocycles. The summed E-state index contributed by atoms with van der Waals surface area (Å²) < 4.78 is 7.43. The van der Waals surface area contributed by atoms with Crippen LogP contribution in [0.5, 0.6) is 5.75 Å². The van der Waals surface area contributed by atoms with Crippen molar-refractivity contribution in [2.24, 2.45) is 7.05 Å². The summed E-state index contributed by atoms with van der Waals surface area (Å²) in [5.41, 5.74) is 1.98. The number of hydrogen-bond donors (Lipinski definition) is 1. The minimum atomic E-state index is -0.244. The highest BCUT2D eigenvalue weighted by Gasteiger charge is 2.23. The molecule has 1 heterocycles. The van der Waals surface area contributed by atoms with Gasteiger partial charge in [-0.25, -0.2) is 0 Å². The van der Waals surface area contributed by atoms with Crippen molar-refractivity contribution in [1.29, 1.82) is 0 Å². The first-order valence-electron chi connectivity index (χ1n) is 5.74. The Labute approximate surface area is 102 Å². The van der Waals surface area contributed by atoms with Gasteiger partial charge in [-0.2, -0.15) is 0 Å². The van der Waals surface area contributed by atoms with Gasteiger partial charge in [0.25, 0.3) is 0 Å². The maximum atomic E-state index is 9.50. The highest BCUT2D eigenvalue weighted by molar-refractivity contribution is 5.89. The molecule has 2 rings (SSSR count). The van der Waals surface area contributed by atoms with Gasteiger partial charge in [0.05, 0.1) is 19.2 Å². The number of rotatable bonds is 3. The molecule has 3 heteroatoms. The van der Waals surface area contributed by atoms with Crippen LogP contribution in [0.3, 0.4) is 0 Å². The zero-order valence-corrected chi connectivity index (χ0v) is 10.8. The van der Waals surface area contributed by atoms with Crippen molar-refractivity contribution in [1.82, 2.24) is 4.57 Å². The van der Waals surface area contributed by atoms with Gasteiger partial charge in [-0.15, -0.1) is 0 Å². The van der Waals surface area contributed by atoms with E-state index in [0.29, 0.717) is 0 Å². The second kappa shape index (κ2) is 4.08. The monoisotopic (exact) mass is 233 g/mol. The Bertz CT molecular complexity index is 540. The molecule has 1 N–H and O–H groups in total. The molecular formula is C14H19NO2. The van der Waals surface area contributed by atoms with Gasteiger partial charge < -0.3 is 14.4 Å². The predicted octanol–water partition coefficient (Wildman–Crippen LogP) is 2.46. The normalized spacial score (nSPS) is 12.1. The van der Waals surface area contributed by atoms with E-state index < -0.39 is 0 Å². The minimum absolute atomic E-state index is 0.128. The fourth-order valence-electron chi connectivity index (χ4n) is 2.22. The molecule has 0 saturated carbocycles. The zero-order valence-electron chi connectivity index (χ0n) is 10.8. The molecule has 3 nitrogen and oxygen atoms in total. The van der Waals surface area contributed by atoms with Crippen LogP contribution in [0.1, 0.15) is 19.4 Å². The van der Waals surface area contributed by atoms with E-state index in [1.54, 1.807) is 7.11 Å². The maximum Gasteiger partial charge on any atom is 0.143 e. The van der Waals surface area contributed by atoms with Crippen LogP contribution in [0.2, 0.25) is 0 Å². The van der Waals surface area contributed by atoms with E-state index in [1.165, 1.54) is 0 Å². The number of benzene rings is 1. The second-order valence-corrected chi connectivity index (χ2v) is 5.05. The topological polar surface area (TPSA) is 34.4 Å². The average Bonchev–Trinajstić information content (AvgIpc) is 2.71. The van der Waals surface area contributed by atoms with Crippen LogP contribution in [0.25, 0.3) is 10.9 Å². The summed E-state index contributed by atoms with van der Waals surface area (Å²) >= 11 is 0. The largest absolute Gasteiger partial charge is 0.495 e. The molecule has 0 fully saturated rings. The summed E-state index contributed by atoms with van der Waals surface area (Å²) in [6.45, 7) is 4.21. The molecule has 17 heavy (non-hydrogen) atoms. The average molecular weight is 233 g/mol. The van der Waals surface area contributed by atoms with E-state index >= 15 is 0 Å². The molecular weight excluding hydrogens is 214 g/mol. The van der Waals surface area contributed by atoms with E-state index in [-0.39, 0.29) is 12.0 Å². The van der Waals surface area contributed by atoms with Crippen molar-refractivity contribution in [3.05, 3.63) is 30.0 Å². The van der Waals surface area contributed by atoms with Gasteiger partial charge in [0.15, 0.2) is 0 Å². The number of fused-ring (bicyclic) bond motifs is 1. The molecule has 0 amide bonds. The van der Waals surface area contributed by atoms with Crippen molar-refractivity contribution < 1.29 is 9.84 Å². The number of hydrogen-bond acceptors (Lipinski definition) is 2. The Morgan fingerprint density at radius 2 is 2.00 bits per heavy atom. The molecule has 2 aromatic rings. The lowest BCUT2D eigenvalue weighted by Crippen LogP contribution is -2.22. The molecule has 1 aromatic heterocycles. The molecule has 0 bridgehead atoms. The lowest BCUT2D eigenvalue weighted by molar-refractivity contribution is 0.219. The van der Waals surface area contributed by atoms with E-state index in [0.717, 1.165) is 22.2 Å². The third-order valence-electron chi connectivity index (χ3n) is 3.34.